The second-order valence-corrected chi connectivity index (χ2v) is 8.82. The Labute approximate surface area is 199 Å². The van der Waals surface area contributed by atoms with E-state index in [0.29, 0.717) is 17.0 Å². The minimum atomic E-state index is -1.48. The highest BCUT2D eigenvalue weighted by molar-refractivity contribution is 6.40. The Morgan fingerprint density at radius 3 is 2.03 bits per heavy atom. The maximum Gasteiger partial charge on any atom is 0.377 e. The molecule has 1 N–H and O–H groups in total. The second kappa shape index (κ2) is 10.0. The van der Waals surface area contributed by atoms with Gasteiger partial charge in [0.25, 0.3) is 5.78 Å². The molecule has 0 aliphatic heterocycles. The summed E-state index contributed by atoms with van der Waals surface area (Å²) in [6.45, 7) is 5.22. The third-order valence-electron chi connectivity index (χ3n) is 6.60. The number of hydrogen-bond donors (Lipinski definition) is 1. The smallest absolute Gasteiger partial charge is 0.377 e. The number of hydrogen-bond acceptors (Lipinski definition) is 3. The molecule has 174 valence electrons. The van der Waals surface area contributed by atoms with Crippen LogP contribution in [0.5, 0.6) is 0 Å². The van der Waals surface area contributed by atoms with Gasteiger partial charge in [0.1, 0.15) is 0 Å². The molecule has 0 bridgehead atoms. The number of carbonyl (C=O) groups is 3. The number of fused-ring (bicyclic) bond motifs is 3. The highest BCUT2D eigenvalue weighted by atomic mass is 16.4. The van der Waals surface area contributed by atoms with Crippen LogP contribution in [0.1, 0.15) is 65.8 Å². The first-order valence-corrected chi connectivity index (χ1v) is 11.9. The van der Waals surface area contributed by atoms with Crippen molar-refractivity contribution in [2.75, 3.05) is 0 Å². The van der Waals surface area contributed by atoms with Crippen molar-refractivity contribution in [2.24, 2.45) is 5.92 Å². The number of carboxylic acid groups (broad SMARTS) is 1. The lowest BCUT2D eigenvalue weighted by atomic mass is 9.99. The van der Waals surface area contributed by atoms with Gasteiger partial charge in [-0.25, -0.2) is 4.79 Å². The first-order valence-electron chi connectivity index (χ1n) is 11.9. The van der Waals surface area contributed by atoms with Crippen LogP contribution in [-0.4, -0.2) is 27.2 Å². The van der Waals surface area contributed by atoms with E-state index in [4.69, 9.17) is 0 Å². The highest BCUT2D eigenvalue weighted by Crippen LogP contribution is 2.33. The van der Waals surface area contributed by atoms with Crippen LogP contribution in [0.4, 0.5) is 0 Å². The van der Waals surface area contributed by atoms with Crippen LogP contribution in [-0.2, 0) is 11.3 Å². The minimum Gasteiger partial charge on any atom is -0.475 e. The lowest BCUT2D eigenvalue weighted by Crippen LogP contribution is -2.12. The first kappa shape index (κ1) is 23.4. The van der Waals surface area contributed by atoms with Crippen LogP contribution < -0.4 is 0 Å². The summed E-state index contributed by atoms with van der Waals surface area (Å²) < 4.78 is 2.25. The molecule has 1 heterocycles. The predicted molar refractivity (Wildman–Crippen MR) is 135 cm³/mol. The average Bonchev–Trinajstić information content (AvgIpc) is 3.17. The van der Waals surface area contributed by atoms with Crippen molar-refractivity contribution in [2.45, 2.75) is 46.1 Å². The lowest BCUT2D eigenvalue weighted by molar-refractivity contribution is -0.131. The molecule has 1 atom stereocenters. The predicted octanol–water partition coefficient (Wildman–Crippen LogP) is 6.51. The molecule has 4 rings (SSSR count). The maximum absolute atomic E-state index is 13.1. The SMILES string of the molecule is CCCCC(CC)Cn1c2ccc(C(=O)C(=O)O)cc2c2cc(C(=O)c3ccccc3)ccc21. The van der Waals surface area contributed by atoms with Crippen LogP contribution in [0.15, 0.2) is 66.7 Å². The summed E-state index contributed by atoms with van der Waals surface area (Å²) in [7, 11) is 0. The molecular formula is C29H29NO4. The summed E-state index contributed by atoms with van der Waals surface area (Å²) in [6, 6.07) is 19.9. The van der Waals surface area contributed by atoms with Crippen LogP contribution in [0, 0.1) is 5.92 Å². The molecule has 5 heteroatoms. The van der Waals surface area contributed by atoms with E-state index >= 15 is 0 Å². The summed E-state index contributed by atoms with van der Waals surface area (Å²) in [5.74, 6) is -1.98. The van der Waals surface area contributed by atoms with Gasteiger partial charge in [0.05, 0.1) is 0 Å². The van der Waals surface area contributed by atoms with Gasteiger partial charge in [-0.05, 0) is 48.7 Å². The third-order valence-corrected chi connectivity index (χ3v) is 6.60. The van der Waals surface area contributed by atoms with Crippen molar-refractivity contribution < 1.29 is 19.5 Å². The number of benzene rings is 3. The van der Waals surface area contributed by atoms with Crippen LogP contribution >= 0.6 is 0 Å². The second-order valence-electron chi connectivity index (χ2n) is 8.82. The molecule has 5 nitrogen and oxygen atoms in total. The molecule has 1 aromatic heterocycles. The minimum absolute atomic E-state index is 0.0736. The van der Waals surface area contributed by atoms with Gasteiger partial charge >= 0.3 is 5.97 Å². The fourth-order valence-corrected chi connectivity index (χ4v) is 4.64. The normalized spacial score (nSPS) is 12.2. The van der Waals surface area contributed by atoms with Gasteiger partial charge in [-0.3, -0.25) is 9.59 Å². The summed E-state index contributed by atoms with van der Waals surface area (Å²) >= 11 is 0. The molecule has 0 saturated carbocycles. The number of unbranched alkanes of at least 4 members (excludes halogenated alkanes) is 1. The number of aliphatic carboxylic acids is 1. The fourth-order valence-electron chi connectivity index (χ4n) is 4.64. The van der Waals surface area contributed by atoms with E-state index in [1.165, 1.54) is 6.42 Å². The quantitative estimate of drug-likeness (QED) is 0.218. The largest absolute Gasteiger partial charge is 0.475 e. The van der Waals surface area contributed by atoms with E-state index in [0.717, 1.165) is 47.6 Å². The summed E-state index contributed by atoms with van der Waals surface area (Å²) in [6.07, 6.45) is 4.51. The van der Waals surface area contributed by atoms with E-state index in [-0.39, 0.29) is 11.3 Å². The van der Waals surface area contributed by atoms with Crippen molar-refractivity contribution in [3.05, 3.63) is 83.4 Å². The van der Waals surface area contributed by atoms with Crippen LogP contribution in [0.3, 0.4) is 0 Å². The Kier molecular flexibility index (Phi) is 6.92. The maximum atomic E-state index is 13.1. The lowest BCUT2D eigenvalue weighted by Gasteiger charge is -2.17. The zero-order chi connectivity index (χ0) is 24.2. The van der Waals surface area contributed by atoms with E-state index in [1.807, 2.05) is 42.5 Å². The zero-order valence-corrected chi connectivity index (χ0v) is 19.6. The molecule has 0 fully saturated rings. The van der Waals surface area contributed by atoms with Crippen molar-refractivity contribution in [3.63, 3.8) is 0 Å². The summed E-state index contributed by atoms with van der Waals surface area (Å²) in [5.41, 5.74) is 3.23. The Bertz CT molecular complexity index is 1370. The van der Waals surface area contributed by atoms with Gasteiger partial charge in [-0.1, -0.05) is 63.4 Å². The first-order chi connectivity index (χ1) is 16.4. The van der Waals surface area contributed by atoms with Gasteiger partial charge in [0.2, 0.25) is 0 Å². The topological polar surface area (TPSA) is 76.4 Å². The van der Waals surface area contributed by atoms with Gasteiger partial charge in [-0.2, -0.15) is 0 Å². The standard InChI is InChI=1S/C29H29NO4/c1-3-5-9-19(4-2)18-30-25-14-12-21(27(31)20-10-7-6-8-11-20)16-23(25)24-17-22(13-15-26(24)30)28(32)29(33)34/h6-8,10-17,19H,3-5,9,18H2,1-2H3,(H,33,34). The van der Waals surface area contributed by atoms with Gasteiger partial charge in [0, 0.05) is 45.0 Å². The number of carboxylic acids is 1. The monoisotopic (exact) mass is 455 g/mol. The average molecular weight is 456 g/mol. The molecule has 4 aromatic rings. The van der Waals surface area contributed by atoms with Gasteiger partial charge < -0.3 is 9.67 Å². The van der Waals surface area contributed by atoms with Gasteiger partial charge in [-0.15, -0.1) is 0 Å². The number of aromatic nitrogens is 1. The molecule has 0 aliphatic rings. The van der Waals surface area contributed by atoms with E-state index in [2.05, 4.69) is 18.4 Å². The van der Waals surface area contributed by atoms with E-state index in [1.54, 1.807) is 24.3 Å². The third kappa shape index (κ3) is 4.51. The van der Waals surface area contributed by atoms with Crippen molar-refractivity contribution in [1.29, 1.82) is 0 Å². The Balaban J connectivity index is 1.89. The summed E-state index contributed by atoms with van der Waals surface area (Å²) in [4.78, 5) is 36.6. The van der Waals surface area contributed by atoms with Crippen molar-refractivity contribution >= 4 is 39.3 Å². The molecule has 0 radical (unpaired) electrons. The van der Waals surface area contributed by atoms with E-state index < -0.39 is 11.8 Å². The molecular weight excluding hydrogens is 426 g/mol. The number of Topliss-reactive ketones (excluding diaryl/α,β-unsaturated/α-hetero) is 1. The zero-order valence-electron chi connectivity index (χ0n) is 19.6. The van der Waals surface area contributed by atoms with Crippen LogP contribution in [0.2, 0.25) is 0 Å². The Morgan fingerprint density at radius 1 is 0.824 bits per heavy atom. The Hall–Kier alpha value is -3.73. The molecule has 34 heavy (non-hydrogen) atoms. The van der Waals surface area contributed by atoms with Gasteiger partial charge in [0.15, 0.2) is 5.78 Å². The molecule has 1 unspecified atom stereocenters. The van der Waals surface area contributed by atoms with E-state index in [9.17, 15) is 19.5 Å². The number of rotatable bonds is 10. The highest BCUT2D eigenvalue weighted by Gasteiger charge is 2.20. The number of nitrogens with zero attached hydrogens (tertiary/aromatic N) is 1. The van der Waals surface area contributed by atoms with Crippen LogP contribution in [0.25, 0.3) is 21.8 Å². The summed E-state index contributed by atoms with van der Waals surface area (Å²) in [5, 5.41) is 10.8. The molecule has 3 aromatic carbocycles. The molecule has 0 saturated heterocycles. The van der Waals surface area contributed by atoms with Crippen molar-refractivity contribution in [1.82, 2.24) is 4.57 Å². The molecule has 0 spiro atoms. The molecule has 0 aliphatic carbocycles. The number of ketones is 2. The fraction of sp³-hybridized carbons (Fsp3) is 0.276. The number of carbonyl (C=O) groups excluding carboxylic acids is 2. The Morgan fingerprint density at radius 2 is 1.44 bits per heavy atom. The van der Waals surface area contributed by atoms with Crippen molar-refractivity contribution in [3.8, 4) is 0 Å². The molecule has 0 amide bonds.